The molecule has 5 nitrogen and oxygen atoms in total. The molecule has 0 radical (unpaired) electrons. The SMILES string of the molecule is CC[C@@H](C)NC(=O)[C@@H](CC)N(Cc1cccc(OC)c1)C(=O)Cc1cccc(Cl)c1. The van der Waals surface area contributed by atoms with Gasteiger partial charge in [-0.2, -0.15) is 0 Å². The lowest BCUT2D eigenvalue weighted by atomic mass is 10.1. The fourth-order valence-corrected chi connectivity index (χ4v) is 3.46. The van der Waals surface area contributed by atoms with Gasteiger partial charge in [-0.3, -0.25) is 9.59 Å². The summed E-state index contributed by atoms with van der Waals surface area (Å²) in [7, 11) is 1.61. The van der Waals surface area contributed by atoms with Gasteiger partial charge in [0.05, 0.1) is 13.5 Å². The van der Waals surface area contributed by atoms with Crippen LogP contribution in [0.3, 0.4) is 0 Å². The van der Waals surface area contributed by atoms with Crippen LogP contribution in [0, 0.1) is 0 Å². The summed E-state index contributed by atoms with van der Waals surface area (Å²) in [6.07, 6.45) is 1.53. The van der Waals surface area contributed by atoms with Gasteiger partial charge in [-0.05, 0) is 55.2 Å². The van der Waals surface area contributed by atoms with Crippen molar-refractivity contribution >= 4 is 23.4 Å². The molecule has 2 atom stereocenters. The van der Waals surface area contributed by atoms with Crippen molar-refractivity contribution in [3.63, 3.8) is 0 Å². The molecule has 0 fully saturated rings. The van der Waals surface area contributed by atoms with Gasteiger partial charge in [-0.25, -0.2) is 0 Å². The van der Waals surface area contributed by atoms with Crippen LogP contribution in [0.5, 0.6) is 5.75 Å². The highest BCUT2D eigenvalue weighted by Crippen LogP contribution is 2.19. The number of nitrogens with zero attached hydrogens (tertiary/aromatic N) is 1. The zero-order valence-corrected chi connectivity index (χ0v) is 18.9. The second kappa shape index (κ2) is 11.6. The number of rotatable bonds is 10. The molecule has 0 aromatic heterocycles. The maximum Gasteiger partial charge on any atom is 0.243 e. The first-order valence-electron chi connectivity index (χ1n) is 10.3. The maximum absolute atomic E-state index is 13.3. The Morgan fingerprint density at radius 1 is 1.07 bits per heavy atom. The van der Waals surface area contributed by atoms with Gasteiger partial charge in [0.15, 0.2) is 0 Å². The zero-order chi connectivity index (χ0) is 22.1. The largest absolute Gasteiger partial charge is 0.497 e. The van der Waals surface area contributed by atoms with Crippen LogP contribution in [0.1, 0.15) is 44.7 Å². The van der Waals surface area contributed by atoms with Crippen molar-refractivity contribution in [1.82, 2.24) is 10.2 Å². The lowest BCUT2D eigenvalue weighted by molar-refractivity contribution is -0.141. The van der Waals surface area contributed by atoms with E-state index in [1.165, 1.54) is 0 Å². The van der Waals surface area contributed by atoms with Crippen LogP contribution in [0.25, 0.3) is 0 Å². The third kappa shape index (κ3) is 6.77. The van der Waals surface area contributed by atoms with Crippen LogP contribution in [0.2, 0.25) is 5.02 Å². The van der Waals surface area contributed by atoms with Crippen LogP contribution in [0.15, 0.2) is 48.5 Å². The highest BCUT2D eigenvalue weighted by Gasteiger charge is 2.29. The minimum Gasteiger partial charge on any atom is -0.497 e. The molecule has 0 heterocycles. The summed E-state index contributed by atoms with van der Waals surface area (Å²) in [5, 5.41) is 3.60. The van der Waals surface area contributed by atoms with E-state index in [9.17, 15) is 9.59 Å². The van der Waals surface area contributed by atoms with Crippen LogP contribution in [-0.2, 0) is 22.6 Å². The van der Waals surface area contributed by atoms with Crippen molar-refractivity contribution in [2.45, 2.75) is 58.7 Å². The normalized spacial score (nSPS) is 12.7. The van der Waals surface area contributed by atoms with E-state index in [4.69, 9.17) is 16.3 Å². The van der Waals surface area contributed by atoms with Gasteiger partial charge in [0.25, 0.3) is 0 Å². The number of methoxy groups -OCH3 is 1. The molecule has 2 aromatic carbocycles. The van der Waals surface area contributed by atoms with E-state index < -0.39 is 6.04 Å². The molecule has 2 rings (SSSR count). The van der Waals surface area contributed by atoms with Gasteiger partial charge in [0, 0.05) is 17.6 Å². The number of halogens is 1. The monoisotopic (exact) mass is 430 g/mol. The molecule has 6 heteroatoms. The van der Waals surface area contributed by atoms with Crippen LogP contribution >= 0.6 is 11.6 Å². The van der Waals surface area contributed by atoms with Gasteiger partial charge in [-0.15, -0.1) is 0 Å². The molecule has 0 saturated heterocycles. The fraction of sp³-hybridized carbons (Fsp3) is 0.417. The molecule has 0 aliphatic carbocycles. The Kier molecular flexibility index (Phi) is 9.18. The molecule has 0 aliphatic rings. The smallest absolute Gasteiger partial charge is 0.243 e. The van der Waals surface area contributed by atoms with E-state index in [2.05, 4.69) is 5.32 Å². The molecular weight excluding hydrogens is 400 g/mol. The Bertz CT molecular complexity index is 856. The van der Waals surface area contributed by atoms with Crippen LogP contribution < -0.4 is 10.1 Å². The summed E-state index contributed by atoms with van der Waals surface area (Å²) in [4.78, 5) is 27.9. The highest BCUT2D eigenvalue weighted by atomic mass is 35.5. The first kappa shape index (κ1) is 23.7. The van der Waals surface area contributed by atoms with E-state index in [1.54, 1.807) is 24.1 Å². The van der Waals surface area contributed by atoms with Crippen molar-refractivity contribution in [3.8, 4) is 5.75 Å². The average Bonchev–Trinajstić information content (AvgIpc) is 2.73. The van der Waals surface area contributed by atoms with Crippen molar-refractivity contribution in [2.75, 3.05) is 7.11 Å². The topological polar surface area (TPSA) is 58.6 Å². The predicted molar refractivity (Wildman–Crippen MR) is 121 cm³/mol. The lowest BCUT2D eigenvalue weighted by Gasteiger charge is -2.31. The molecule has 162 valence electrons. The minimum absolute atomic E-state index is 0.0493. The average molecular weight is 431 g/mol. The van der Waals surface area contributed by atoms with Gasteiger partial charge in [-0.1, -0.05) is 49.7 Å². The van der Waals surface area contributed by atoms with Crippen molar-refractivity contribution < 1.29 is 14.3 Å². The number of hydrogen-bond donors (Lipinski definition) is 1. The van der Waals surface area contributed by atoms with Gasteiger partial charge in [0.1, 0.15) is 11.8 Å². The lowest BCUT2D eigenvalue weighted by Crippen LogP contribution is -2.51. The molecule has 0 bridgehead atoms. The Hall–Kier alpha value is -2.53. The Morgan fingerprint density at radius 2 is 1.77 bits per heavy atom. The minimum atomic E-state index is -0.558. The van der Waals surface area contributed by atoms with E-state index in [1.807, 2.05) is 57.2 Å². The van der Waals surface area contributed by atoms with Gasteiger partial charge >= 0.3 is 0 Å². The summed E-state index contributed by atoms with van der Waals surface area (Å²) in [6, 6.07) is 14.3. The number of hydrogen-bond acceptors (Lipinski definition) is 3. The molecular formula is C24H31ClN2O3. The Balaban J connectivity index is 2.31. The number of nitrogens with one attached hydrogen (secondary N) is 1. The quantitative estimate of drug-likeness (QED) is 0.598. The standard InChI is InChI=1S/C24H31ClN2O3/c1-5-17(3)26-24(29)22(6-2)27(16-19-10-8-12-21(14-19)30-4)23(28)15-18-9-7-11-20(25)13-18/h7-14,17,22H,5-6,15-16H2,1-4H3,(H,26,29)/t17-,22-/m1/s1. The number of benzene rings is 2. The van der Waals surface area contributed by atoms with Crippen molar-refractivity contribution in [1.29, 1.82) is 0 Å². The van der Waals surface area contributed by atoms with E-state index >= 15 is 0 Å². The van der Waals surface area contributed by atoms with Crippen molar-refractivity contribution in [3.05, 3.63) is 64.7 Å². The van der Waals surface area contributed by atoms with Gasteiger partial charge < -0.3 is 15.0 Å². The molecule has 30 heavy (non-hydrogen) atoms. The summed E-state index contributed by atoms with van der Waals surface area (Å²) in [5.74, 6) is 0.465. The zero-order valence-electron chi connectivity index (χ0n) is 18.2. The summed E-state index contributed by atoms with van der Waals surface area (Å²) in [6.45, 7) is 6.23. The molecule has 0 unspecified atom stereocenters. The fourth-order valence-electron chi connectivity index (χ4n) is 3.25. The summed E-state index contributed by atoms with van der Waals surface area (Å²) in [5.41, 5.74) is 1.73. The first-order valence-corrected chi connectivity index (χ1v) is 10.7. The van der Waals surface area contributed by atoms with E-state index in [0.29, 0.717) is 23.7 Å². The molecule has 2 aromatic rings. The third-order valence-electron chi connectivity index (χ3n) is 5.12. The highest BCUT2D eigenvalue weighted by molar-refractivity contribution is 6.30. The summed E-state index contributed by atoms with van der Waals surface area (Å²) >= 11 is 6.08. The predicted octanol–water partition coefficient (Wildman–Crippen LogP) is 4.61. The molecule has 0 aliphatic heterocycles. The second-order valence-corrected chi connectivity index (χ2v) is 7.86. The van der Waals surface area contributed by atoms with Crippen LogP contribution in [-0.4, -0.2) is 35.9 Å². The van der Waals surface area contributed by atoms with Crippen LogP contribution in [0.4, 0.5) is 0 Å². The summed E-state index contributed by atoms with van der Waals surface area (Å²) < 4.78 is 5.31. The number of carbonyl (C=O) groups excluding carboxylic acids is 2. The number of ether oxygens (including phenoxy) is 1. The third-order valence-corrected chi connectivity index (χ3v) is 5.35. The Morgan fingerprint density at radius 3 is 2.40 bits per heavy atom. The van der Waals surface area contributed by atoms with E-state index in [0.717, 1.165) is 17.5 Å². The number of carbonyl (C=O) groups is 2. The maximum atomic E-state index is 13.3. The first-order chi connectivity index (χ1) is 14.4. The second-order valence-electron chi connectivity index (χ2n) is 7.42. The number of amides is 2. The molecule has 0 saturated carbocycles. The van der Waals surface area contributed by atoms with E-state index in [-0.39, 0.29) is 24.3 Å². The van der Waals surface area contributed by atoms with Gasteiger partial charge in [0.2, 0.25) is 11.8 Å². The molecule has 1 N–H and O–H groups in total. The molecule has 0 spiro atoms. The Labute approximate surface area is 184 Å². The molecule has 2 amide bonds. The van der Waals surface area contributed by atoms with Crippen molar-refractivity contribution in [2.24, 2.45) is 0 Å².